The van der Waals surface area contributed by atoms with Crippen LogP contribution in [0.3, 0.4) is 0 Å². The molecule has 1 saturated heterocycles. The van der Waals surface area contributed by atoms with Gasteiger partial charge in [-0.05, 0) is 49.4 Å². The molecule has 0 saturated carbocycles. The molecule has 1 fully saturated rings. The lowest BCUT2D eigenvalue weighted by molar-refractivity contribution is 0.0688. The van der Waals surface area contributed by atoms with Gasteiger partial charge in [-0.25, -0.2) is 4.79 Å². The number of amides is 3. The first-order chi connectivity index (χ1) is 13.5. The fourth-order valence-corrected chi connectivity index (χ4v) is 3.39. The lowest BCUT2D eigenvalue weighted by atomic mass is 9.96. The topological polar surface area (TPSA) is 83.4 Å². The van der Waals surface area contributed by atoms with Gasteiger partial charge in [-0.1, -0.05) is 18.2 Å². The molecule has 2 aromatic rings. The summed E-state index contributed by atoms with van der Waals surface area (Å²) < 4.78 is 1.41. The number of piperidine rings is 1. The predicted octanol–water partition coefficient (Wildman–Crippen LogP) is 2.37. The predicted molar refractivity (Wildman–Crippen MR) is 109 cm³/mol. The van der Waals surface area contributed by atoms with Crippen molar-refractivity contribution in [2.75, 3.05) is 25.0 Å². The third kappa shape index (κ3) is 4.60. The van der Waals surface area contributed by atoms with Gasteiger partial charge in [0.05, 0.1) is 0 Å². The summed E-state index contributed by atoms with van der Waals surface area (Å²) in [6.07, 6.45) is 3.23. The summed E-state index contributed by atoms with van der Waals surface area (Å²) in [4.78, 5) is 38.6. The zero-order chi connectivity index (χ0) is 20.1. The van der Waals surface area contributed by atoms with Crippen LogP contribution in [-0.2, 0) is 7.05 Å². The summed E-state index contributed by atoms with van der Waals surface area (Å²) in [7, 11) is 1.64. The second kappa shape index (κ2) is 8.73. The summed E-state index contributed by atoms with van der Waals surface area (Å²) in [5.74, 6) is 0.0928. The largest absolute Gasteiger partial charge is 0.338 e. The maximum atomic E-state index is 12.6. The van der Waals surface area contributed by atoms with Crippen LogP contribution in [0.2, 0.25) is 0 Å². The SMILES string of the molecule is Cc1ccccc1NC(=O)NCC1CCN(C(=O)c2cccn(C)c2=O)CC1. The van der Waals surface area contributed by atoms with E-state index in [9.17, 15) is 14.4 Å². The Kier molecular flexibility index (Phi) is 6.13. The first-order valence-electron chi connectivity index (χ1n) is 9.51. The molecular formula is C21H26N4O3. The molecule has 3 rings (SSSR count). The highest BCUT2D eigenvalue weighted by Crippen LogP contribution is 2.18. The van der Waals surface area contributed by atoms with E-state index in [-0.39, 0.29) is 23.1 Å². The van der Waals surface area contributed by atoms with Crippen LogP contribution in [0.25, 0.3) is 0 Å². The second-order valence-corrected chi connectivity index (χ2v) is 7.22. The maximum Gasteiger partial charge on any atom is 0.319 e. The minimum atomic E-state index is -0.274. The van der Waals surface area contributed by atoms with Crippen LogP contribution < -0.4 is 16.2 Å². The van der Waals surface area contributed by atoms with Crippen molar-refractivity contribution in [1.29, 1.82) is 0 Å². The molecule has 1 aromatic heterocycles. The molecule has 3 amide bonds. The molecule has 7 nitrogen and oxygen atoms in total. The van der Waals surface area contributed by atoms with Crippen LogP contribution in [0, 0.1) is 12.8 Å². The van der Waals surface area contributed by atoms with E-state index in [1.165, 1.54) is 4.57 Å². The lowest BCUT2D eigenvalue weighted by Crippen LogP contribution is -2.43. The minimum Gasteiger partial charge on any atom is -0.338 e. The highest BCUT2D eigenvalue weighted by Gasteiger charge is 2.25. The number of likely N-dealkylation sites (tertiary alicyclic amines) is 1. The van der Waals surface area contributed by atoms with Gasteiger partial charge in [-0.15, -0.1) is 0 Å². The molecule has 2 N–H and O–H groups in total. The third-order valence-corrected chi connectivity index (χ3v) is 5.20. The van der Waals surface area contributed by atoms with E-state index in [1.54, 1.807) is 30.3 Å². The Morgan fingerprint density at radius 1 is 1.11 bits per heavy atom. The van der Waals surface area contributed by atoms with Crippen LogP contribution in [0.1, 0.15) is 28.8 Å². The van der Waals surface area contributed by atoms with Gasteiger partial charge >= 0.3 is 6.03 Å². The summed E-state index contributed by atoms with van der Waals surface area (Å²) in [5, 5.41) is 5.77. The summed E-state index contributed by atoms with van der Waals surface area (Å²) >= 11 is 0. The third-order valence-electron chi connectivity index (χ3n) is 5.20. The monoisotopic (exact) mass is 382 g/mol. The molecule has 1 aromatic carbocycles. The molecule has 0 unspecified atom stereocenters. The number of aromatic nitrogens is 1. The molecule has 7 heteroatoms. The number of hydrogen-bond donors (Lipinski definition) is 2. The van der Waals surface area contributed by atoms with E-state index in [4.69, 9.17) is 0 Å². The number of aryl methyl sites for hydroxylation is 2. The van der Waals surface area contributed by atoms with Crippen LogP contribution in [-0.4, -0.2) is 41.0 Å². The Morgan fingerprint density at radius 2 is 1.82 bits per heavy atom. The first kappa shape index (κ1) is 19.7. The Balaban J connectivity index is 1.47. The standard InChI is InChI=1S/C21H26N4O3/c1-15-6-3-4-8-18(15)23-21(28)22-14-16-9-12-25(13-10-16)20(27)17-7-5-11-24(2)19(17)26/h3-8,11,16H,9-10,12-14H2,1-2H3,(H2,22,23,28). The van der Waals surface area contributed by atoms with Gasteiger partial charge in [0.2, 0.25) is 0 Å². The molecule has 1 aliphatic rings. The number of pyridine rings is 1. The van der Waals surface area contributed by atoms with Crippen molar-refractivity contribution >= 4 is 17.6 Å². The minimum absolute atomic E-state index is 0.208. The summed E-state index contributed by atoms with van der Waals surface area (Å²) in [5.41, 5.74) is 1.74. The van der Waals surface area contributed by atoms with Crippen molar-refractivity contribution in [2.45, 2.75) is 19.8 Å². The van der Waals surface area contributed by atoms with Gasteiger partial charge < -0.3 is 20.1 Å². The summed E-state index contributed by atoms with van der Waals surface area (Å²) in [6, 6.07) is 10.7. The Hall–Kier alpha value is -3.09. The zero-order valence-corrected chi connectivity index (χ0v) is 16.3. The van der Waals surface area contributed by atoms with Gasteiger partial charge in [0.1, 0.15) is 5.56 Å². The number of anilines is 1. The Labute approximate surface area is 164 Å². The normalized spacial score (nSPS) is 14.6. The van der Waals surface area contributed by atoms with Crippen molar-refractivity contribution in [2.24, 2.45) is 13.0 Å². The van der Waals surface area contributed by atoms with E-state index in [2.05, 4.69) is 10.6 Å². The van der Waals surface area contributed by atoms with Crippen molar-refractivity contribution < 1.29 is 9.59 Å². The number of carbonyl (C=O) groups is 2. The average Bonchev–Trinajstić information content (AvgIpc) is 2.70. The second-order valence-electron chi connectivity index (χ2n) is 7.22. The number of carbonyl (C=O) groups excluding carboxylic acids is 2. The van der Waals surface area contributed by atoms with Gasteiger partial charge in [0.25, 0.3) is 11.5 Å². The van der Waals surface area contributed by atoms with Crippen LogP contribution in [0.5, 0.6) is 0 Å². The number of rotatable bonds is 4. The Bertz CT molecular complexity index is 914. The number of para-hydroxylation sites is 1. The van der Waals surface area contributed by atoms with Crippen molar-refractivity contribution in [3.8, 4) is 0 Å². The zero-order valence-electron chi connectivity index (χ0n) is 16.3. The molecule has 28 heavy (non-hydrogen) atoms. The molecule has 0 spiro atoms. The van der Waals surface area contributed by atoms with Crippen molar-refractivity contribution in [3.05, 3.63) is 64.1 Å². The van der Waals surface area contributed by atoms with E-state index < -0.39 is 0 Å². The van der Waals surface area contributed by atoms with Crippen molar-refractivity contribution in [1.82, 2.24) is 14.8 Å². The highest BCUT2D eigenvalue weighted by atomic mass is 16.2. The first-order valence-corrected chi connectivity index (χ1v) is 9.51. The van der Waals surface area contributed by atoms with Gasteiger partial charge in [0, 0.05) is 38.6 Å². The van der Waals surface area contributed by atoms with E-state index in [0.29, 0.717) is 25.6 Å². The smallest absolute Gasteiger partial charge is 0.319 e. The fraction of sp³-hybridized carbons (Fsp3) is 0.381. The molecule has 0 atom stereocenters. The highest BCUT2D eigenvalue weighted by molar-refractivity contribution is 5.94. The molecule has 0 aliphatic carbocycles. The van der Waals surface area contributed by atoms with Crippen LogP contribution in [0.15, 0.2) is 47.4 Å². The molecule has 0 radical (unpaired) electrons. The molecule has 148 valence electrons. The molecule has 0 bridgehead atoms. The quantitative estimate of drug-likeness (QED) is 0.852. The van der Waals surface area contributed by atoms with E-state index in [0.717, 1.165) is 24.1 Å². The molecule has 2 heterocycles. The number of hydrogen-bond acceptors (Lipinski definition) is 3. The number of urea groups is 1. The number of nitrogens with one attached hydrogen (secondary N) is 2. The average molecular weight is 382 g/mol. The van der Waals surface area contributed by atoms with Crippen LogP contribution >= 0.6 is 0 Å². The Morgan fingerprint density at radius 3 is 2.54 bits per heavy atom. The maximum absolute atomic E-state index is 12.6. The van der Waals surface area contributed by atoms with E-state index >= 15 is 0 Å². The molecule has 1 aliphatic heterocycles. The van der Waals surface area contributed by atoms with Gasteiger partial charge in [0.15, 0.2) is 0 Å². The van der Waals surface area contributed by atoms with E-state index in [1.807, 2.05) is 31.2 Å². The van der Waals surface area contributed by atoms with Gasteiger partial charge in [-0.2, -0.15) is 0 Å². The van der Waals surface area contributed by atoms with Crippen LogP contribution in [0.4, 0.5) is 10.5 Å². The number of nitrogens with zero attached hydrogens (tertiary/aromatic N) is 2. The number of benzene rings is 1. The molecular weight excluding hydrogens is 356 g/mol. The fourth-order valence-electron chi connectivity index (χ4n) is 3.39. The lowest BCUT2D eigenvalue weighted by Gasteiger charge is -2.32. The summed E-state index contributed by atoms with van der Waals surface area (Å²) in [6.45, 7) is 3.68. The van der Waals surface area contributed by atoms with Crippen molar-refractivity contribution in [3.63, 3.8) is 0 Å². The van der Waals surface area contributed by atoms with Gasteiger partial charge in [-0.3, -0.25) is 9.59 Å².